The number of hydrogen-bond donors (Lipinski definition) is 1. The van der Waals surface area contributed by atoms with E-state index in [0.29, 0.717) is 17.1 Å². The van der Waals surface area contributed by atoms with E-state index >= 15 is 0 Å². The summed E-state index contributed by atoms with van der Waals surface area (Å²) in [4.78, 5) is 15.1. The molecule has 1 aliphatic heterocycles. The number of likely N-dealkylation sites (tertiary alicyclic amines) is 1. The third kappa shape index (κ3) is 4.72. The fraction of sp³-hybridized carbons (Fsp3) is 0.240. The molecule has 1 saturated heterocycles. The van der Waals surface area contributed by atoms with Crippen LogP contribution in [0.15, 0.2) is 72.8 Å². The number of piperidine rings is 1. The molecule has 1 heterocycles. The van der Waals surface area contributed by atoms with Crippen LogP contribution in [0.5, 0.6) is 0 Å². The molecule has 154 valence electrons. The van der Waals surface area contributed by atoms with Crippen LogP contribution in [0, 0.1) is 11.7 Å². The Morgan fingerprint density at radius 3 is 2.40 bits per heavy atom. The molecule has 0 saturated carbocycles. The Labute approximate surface area is 181 Å². The van der Waals surface area contributed by atoms with Gasteiger partial charge in [-0.3, -0.25) is 9.69 Å². The molecule has 1 aliphatic rings. The number of benzene rings is 3. The number of para-hydroxylation sites is 1. The molecule has 1 N–H and O–H groups in total. The van der Waals surface area contributed by atoms with E-state index in [-0.39, 0.29) is 17.6 Å². The van der Waals surface area contributed by atoms with Crippen molar-refractivity contribution in [2.24, 2.45) is 5.92 Å². The maximum atomic E-state index is 14.1. The lowest BCUT2D eigenvalue weighted by Crippen LogP contribution is -2.38. The van der Waals surface area contributed by atoms with Crippen molar-refractivity contribution in [1.29, 1.82) is 0 Å². The fourth-order valence-electron chi connectivity index (χ4n) is 3.96. The monoisotopic (exact) mass is 422 g/mol. The molecular formula is C25H24ClFN2O. The molecular weight excluding hydrogens is 399 g/mol. The Morgan fingerprint density at radius 2 is 1.67 bits per heavy atom. The Balaban J connectivity index is 1.38. The molecule has 0 bridgehead atoms. The molecule has 0 aliphatic carbocycles. The third-order valence-electron chi connectivity index (χ3n) is 5.67. The van der Waals surface area contributed by atoms with E-state index in [2.05, 4.69) is 10.2 Å². The summed E-state index contributed by atoms with van der Waals surface area (Å²) in [5.41, 5.74) is 3.44. The number of anilines is 1. The van der Waals surface area contributed by atoms with Crippen molar-refractivity contribution in [1.82, 2.24) is 4.90 Å². The Morgan fingerprint density at radius 1 is 0.967 bits per heavy atom. The quantitative estimate of drug-likeness (QED) is 0.547. The van der Waals surface area contributed by atoms with Crippen molar-refractivity contribution < 1.29 is 9.18 Å². The summed E-state index contributed by atoms with van der Waals surface area (Å²) in [5.74, 6) is -0.289. The number of rotatable bonds is 5. The Hall–Kier alpha value is -2.69. The van der Waals surface area contributed by atoms with E-state index in [0.717, 1.165) is 42.7 Å². The lowest BCUT2D eigenvalue weighted by molar-refractivity contribution is -0.121. The number of amides is 1. The van der Waals surface area contributed by atoms with E-state index in [1.54, 1.807) is 12.1 Å². The molecule has 0 unspecified atom stereocenters. The minimum Gasteiger partial charge on any atom is -0.325 e. The van der Waals surface area contributed by atoms with Crippen LogP contribution in [0.3, 0.4) is 0 Å². The third-order valence-corrected chi connectivity index (χ3v) is 6.03. The zero-order chi connectivity index (χ0) is 20.9. The fourth-order valence-corrected chi connectivity index (χ4v) is 4.18. The van der Waals surface area contributed by atoms with Gasteiger partial charge in [0.25, 0.3) is 0 Å². The van der Waals surface area contributed by atoms with Gasteiger partial charge in [-0.25, -0.2) is 4.39 Å². The molecule has 5 heteroatoms. The highest BCUT2D eigenvalue weighted by Gasteiger charge is 2.26. The molecule has 3 nitrogen and oxygen atoms in total. The number of halogens is 2. The maximum Gasteiger partial charge on any atom is 0.227 e. The molecule has 0 radical (unpaired) electrons. The molecule has 3 aromatic rings. The van der Waals surface area contributed by atoms with Crippen LogP contribution in [-0.2, 0) is 11.3 Å². The average Bonchev–Trinajstić information content (AvgIpc) is 2.78. The van der Waals surface area contributed by atoms with Gasteiger partial charge in [-0.2, -0.15) is 0 Å². The first-order chi connectivity index (χ1) is 14.6. The minimum absolute atomic E-state index is 0.0435. The minimum atomic E-state index is -0.278. The molecule has 4 rings (SSSR count). The first kappa shape index (κ1) is 20.6. The van der Waals surface area contributed by atoms with Gasteiger partial charge in [-0.15, -0.1) is 0 Å². The molecule has 3 aromatic carbocycles. The maximum absolute atomic E-state index is 14.1. The van der Waals surface area contributed by atoms with Gasteiger partial charge in [-0.05, 0) is 49.7 Å². The molecule has 0 aromatic heterocycles. The predicted molar refractivity (Wildman–Crippen MR) is 120 cm³/mol. The SMILES string of the molecule is O=C(Nc1ccccc1-c1ccccc1)C1CCN(Cc2c(F)cccc2Cl)CC1. The number of hydrogen-bond acceptors (Lipinski definition) is 2. The number of nitrogens with zero attached hydrogens (tertiary/aromatic N) is 1. The van der Waals surface area contributed by atoms with Crippen molar-refractivity contribution in [3.05, 3.63) is 89.2 Å². The topological polar surface area (TPSA) is 32.3 Å². The van der Waals surface area contributed by atoms with Crippen LogP contribution in [0.1, 0.15) is 18.4 Å². The van der Waals surface area contributed by atoms with E-state index in [9.17, 15) is 9.18 Å². The smallest absolute Gasteiger partial charge is 0.227 e. The van der Waals surface area contributed by atoms with E-state index in [1.807, 2.05) is 54.6 Å². The standard InChI is InChI=1S/C25H24ClFN2O/c26-22-10-6-11-23(27)21(22)17-29-15-13-19(14-16-29)25(30)28-24-12-5-4-9-20(24)18-7-2-1-3-8-18/h1-12,19H,13-17H2,(H,28,30). The van der Waals surface area contributed by atoms with Crippen molar-refractivity contribution >= 4 is 23.2 Å². The van der Waals surface area contributed by atoms with Gasteiger partial charge in [0.1, 0.15) is 5.82 Å². The highest BCUT2D eigenvalue weighted by molar-refractivity contribution is 6.31. The van der Waals surface area contributed by atoms with Gasteiger partial charge in [0.2, 0.25) is 5.91 Å². The highest BCUT2D eigenvalue weighted by atomic mass is 35.5. The van der Waals surface area contributed by atoms with E-state index in [4.69, 9.17) is 11.6 Å². The first-order valence-corrected chi connectivity index (χ1v) is 10.6. The van der Waals surface area contributed by atoms with Gasteiger partial charge in [0.05, 0.1) is 0 Å². The second kappa shape index (κ2) is 9.41. The van der Waals surface area contributed by atoms with Crippen molar-refractivity contribution in [3.63, 3.8) is 0 Å². The Kier molecular flexibility index (Phi) is 6.46. The van der Waals surface area contributed by atoms with Crippen molar-refractivity contribution in [3.8, 4) is 11.1 Å². The summed E-state index contributed by atoms with van der Waals surface area (Å²) in [5, 5.41) is 3.57. The van der Waals surface area contributed by atoms with Gasteiger partial charge >= 0.3 is 0 Å². The highest BCUT2D eigenvalue weighted by Crippen LogP contribution is 2.29. The summed E-state index contributed by atoms with van der Waals surface area (Å²) < 4.78 is 14.1. The number of carbonyl (C=O) groups is 1. The van der Waals surface area contributed by atoms with Gasteiger partial charge in [0.15, 0.2) is 0 Å². The summed E-state index contributed by atoms with van der Waals surface area (Å²) >= 11 is 6.15. The average molecular weight is 423 g/mol. The molecule has 1 fully saturated rings. The zero-order valence-corrected chi connectivity index (χ0v) is 17.4. The summed E-state index contributed by atoms with van der Waals surface area (Å²) in [6.07, 6.45) is 1.48. The molecule has 0 spiro atoms. The van der Waals surface area contributed by atoms with Crippen LogP contribution >= 0.6 is 11.6 Å². The van der Waals surface area contributed by atoms with Crippen LogP contribution < -0.4 is 5.32 Å². The molecule has 30 heavy (non-hydrogen) atoms. The normalized spacial score (nSPS) is 15.1. The largest absolute Gasteiger partial charge is 0.325 e. The predicted octanol–water partition coefficient (Wildman–Crippen LogP) is 6.00. The van der Waals surface area contributed by atoms with Crippen LogP contribution in [-0.4, -0.2) is 23.9 Å². The van der Waals surface area contributed by atoms with E-state index < -0.39 is 0 Å². The Bertz CT molecular complexity index is 996. The molecule has 0 atom stereocenters. The van der Waals surface area contributed by atoms with Crippen LogP contribution in [0.2, 0.25) is 5.02 Å². The van der Waals surface area contributed by atoms with Crippen molar-refractivity contribution in [2.75, 3.05) is 18.4 Å². The molecule has 1 amide bonds. The van der Waals surface area contributed by atoms with Gasteiger partial charge in [-0.1, -0.05) is 66.2 Å². The van der Waals surface area contributed by atoms with Gasteiger partial charge in [0, 0.05) is 34.3 Å². The zero-order valence-electron chi connectivity index (χ0n) is 16.7. The van der Waals surface area contributed by atoms with Crippen LogP contribution in [0.25, 0.3) is 11.1 Å². The number of nitrogens with one attached hydrogen (secondary N) is 1. The van der Waals surface area contributed by atoms with E-state index in [1.165, 1.54) is 6.07 Å². The number of carbonyl (C=O) groups excluding carboxylic acids is 1. The first-order valence-electron chi connectivity index (χ1n) is 10.2. The summed E-state index contributed by atoms with van der Waals surface area (Å²) in [6, 6.07) is 22.7. The lowest BCUT2D eigenvalue weighted by atomic mass is 9.95. The summed E-state index contributed by atoms with van der Waals surface area (Å²) in [7, 11) is 0. The van der Waals surface area contributed by atoms with Gasteiger partial charge < -0.3 is 5.32 Å². The second-order valence-corrected chi connectivity index (χ2v) is 8.06. The van der Waals surface area contributed by atoms with Crippen LogP contribution in [0.4, 0.5) is 10.1 Å². The lowest BCUT2D eigenvalue weighted by Gasteiger charge is -2.31. The van der Waals surface area contributed by atoms with Crippen molar-refractivity contribution in [2.45, 2.75) is 19.4 Å². The summed E-state index contributed by atoms with van der Waals surface area (Å²) in [6.45, 7) is 1.95. The second-order valence-electron chi connectivity index (χ2n) is 7.65.